The van der Waals surface area contributed by atoms with Crippen LogP contribution in [0.1, 0.15) is 13.3 Å². The second-order valence-corrected chi connectivity index (χ2v) is 4.64. The molecule has 0 amide bonds. The molecule has 0 radical (unpaired) electrons. The molecule has 0 spiro atoms. The third-order valence-corrected chi connectivity index (χ3v) is 3.64. The number of hydrogen-bond donors (Lipinski definition) is 2. The molecule has 1 saturated heterocycles. The van der Waals surface area contributed by atoms with Crippen molar-refractivity contribution in [1.82, 2.24) is 10.6 Å². The van der Waals surface area contributed by atoms with E-state index < -0.39 is 0 Å². The Morgan fingerprint density at radius 2 is 2.62 bits per heavy atom. The standard InChI is InChI=1S/C10H16N2S/c1-2-11-7-10-12-8-5-3-4-6-9(8)13-10/h3-4,6,8,10-12H,2,5,7H2,1H3. The highest BCUT2D eigenvalue weighted by Crippen LogP contribution is 2.34. The molecule has 2 aliphatic rings. The molecule has 2 rings (SSSR count). The number of fused-ring (bicyclic) bond motifs is 1. The number of hydrogen-bond acceptors (Lipinski definition) is 3. The van der Waals surface area contributed by atoms with E-state index in [0.29, 0.717) is 11.4 Å². The van der Waals surface area contributed by atoms with Crippen molar-refractivity contribution in [3.05, 3.63) is 23.1 Å². The van der Waals surface area contributed by atoms with Crippen LogP contribution in [0.2, 0.25) is 0 Å². The van der Waals surface area contributed by atoms with Gasteiger partial charge in [0, 0.05) is 17.5 Å². The fraction of sp³-hybridized carbons (Fsp3) is 0.600. The molecule has 1 fully saturated rings. The van der Waals surface area contributed by atoms with Gasteiger partial charge in [-0.25, -0.2) is 0 Å². The minimum atomic E-state index is 0.566. The molecule has 1 heterocycles. The van der Waals surface area contributed by atoms with E-state index in [0.717, 1.165) is 19.5 Å². The summed E-state index contributed by atoms with van der Waals surface area (Å²) in [7, 11) is 0. The number of likely N-dealkylation sites (N-methyl/N-ethyl adjacent to an activating group) is 1. The van der Waals surface area contributed by atoms with Crippen LogP contribution < -0.4 is 10.6 Å². The lowest BCUT2D eigenvalue weighted by molar-refractivity contribution is 0.556. The van der Waals surface area contributed by atoms with Crippen LogP contribution in [0.15, 0.2) is 23.1 Å². The summed E-state index contributed by atoms with van der Waals surface area (Å²) in [6.45, 7) is 4.27. The van der Waals surface area contributed by atoms with Gasteiger partial charge in [-0.2, -0.15) is 0 Å². The molecule has 1 aliphatic heterocycles. The largest absolute Gasteiger partial charge is 0.315 e. The Hall–Kier alpha value is -0.250. The van der Waals surface area contributed by atoms with Crippen molar-refractivity contribution in [3.63, 3.8) is 0 Å². The van der Waals surface area contributed by atoms with Crippen molar-refractivity contribution in [3.8, 4) is 0 Å². The SMILES string of the molecule is CCNCC1NC2CC=CC=C2S1. The monoisotopic (exact) mass is 196 g/mol. The summed E-state index contributed by atoms with van der Waals surface area (Å²) in [5.74, 6) is 0. The summed E-state index contributed by atoms with van der Waals surface area (Å²) >= 11 is 1.97. The van der Waals surface area contributed by atoms with Crippen LogP contribution in [0.25, 0.3) is 0 Å². The molecule has 72 valence electrons. The normalized spacial score (nSPS) is 31.6. The van der Waals surface area contributed by atoms with E-state index in [1.807, 2.05) is 11.8 Å². The molecule has 3 heteroatoms. The summed E-state index contributed by atoms with van der Waals surface area (Å²) in [6.07, 6.45) is 7.78. The van der Waals surface area contributed by atoms with Gasteiger partial charge in [0.2, 0.25) is 0 Å². The van der Waals surface area contributed by atoms with Crippen molar-refractivity contribution in [2.24, 2.45) is 0 Å². The maximum atomic E-state index is 3.61. The van der Waals surface area contributed by atoms with Gasteiger partial charge in [0.1, 0.15) is 0 Å². The van der Waals surface area contributed by atoms with Crippen LogP contribution in [-0.2, 0) is 0 Å². The highest BCUT2D eigenvalue weighted by Gasteiger charge is 2.28. The third-order valence-electron chi connectivity index (χ3n) is 2.36. The maximum absolute atomic E-state index is 3.61. The molecular weight excluding hydrogens is 180 g/mol. The van der Waals surface area contributed by atoms with Gasteiger partial charge in [0.05, 0.1) is 5.37 Å². The lowest BCUT2D eigenvalue weighted by Gasteiger charge is -2.12. The second-order valence-electron chi connectivity index (χ2n) is 3.37. The van der Waals surface area contributed by atoms with E-state index in [1.165, 1.54) is 4.91 Å². The fourth-order valence-electron chi connectivity index (χ4n) is 1.68. The molecule has 2 nitrogen and oxygen atoms in total. The predicted octanol–water partition coefficient (Wildman–Crippen LogP) is 1.47. The van der Waals surface area contributed by atoms with E-state index in [-0.39, 0.29) is 0 Å². The van der Waals surface area contributed by atoms with Gasteiger partial charge in [0.25, 0.3) is 0 Å². The van der Waals surface area contributed by atoms with E-state index in [2.05, 4.69) is 35.8 Å². The Labute approximate surface area is 83.9 Å². The van der Waals surface area contributed by atoms with Gasteiger partial charge in [-0.15, -0.1) is 11.8 Å². The Kier molecular flexibility index (Phi) is 3.09. The highest BCUT2D eigenvalue weighted by atomic mass is 32.2. The maximum Gasteiger partial charge on any atom is 0.0708 e. The van der Waals surface area contributed by atoms with Crippen molar-refractivity contribution >= 4 is 11.8 Å². The first kappa shape index (κ1) is 9.31. The molecule has 0 bridgehead atoms. The molecule has 2 N–H and O–H groups in total. The zero-order valence-electron chi connectivity index (χ0n) is 7.92. The van der Waals surface area contributed by atoms with Crippen LogP contribution in [0, 0.1) is 0 Å². The first-order chi connectivity index (χ1) is 6.40. The minimum absolute atomic E-state index is 0.566. The number of nitrogens with one attached hydrogen (secondary N) is 2. The first-order valence-corrected chi connectivity index (χ1v) is 5.78. The predicted molar refractivity (Wildman–Crippen MR) is 58.7 cm³/mol. The van der Waals surface area contributed by atoms with E-state index in [4.69, 9.17) is 0 Å². The lowest BCUT2D eigenvalue weighted by atomic mass is 10.1. The van der Waals surface area contributed by atoms with Crippen molar-refractivity contribution in [1.29, 1.82) is 0 Å². The first-order valence-electron chi connectivity index (χ1n) is 4.90. The topological polar surface area (TPSA) is 24.1 Å². The van der Waals surface area contributed by atoms with E-state index in [9.17, 15) is 0 Å². The van der Waals surface area contributed by atoms with Crippen molar-refractivity contribution < 1.29 is 0 Å². The summed E-state index contributed by atoms with van der Waals surface area (Å²) in [5, 5.41) is 7.54. The van der Waals surface area contributed by atoms with Gasteiger partial charge >= 0.3 is 0 Å². The molecule has 2 atom stereocenters. The Bertz CT molecular complexity index is 235. The Morgan fingerprint density at radius 3 is 3.38 bits per heavy atom. The average molecular weight is 196 g/mol. The van der Waals surface area contributed by atoms with Crippen LogP contribution >= 0.6 is 11.8 Å². The molecule has 0 saturated carbocycles. The van der Waals surface area contributed by atoms with Gasteiger partial charge < -0.3 is 5.32 Å². The summed E-state index contributed by atoms with van der Waals surface area (Å²) in [5.41, 5.74) is 0. The zero-order valence-corrected chi connectivity index (χ0v) is 8.73. The molecule has 2 unspecified atom stereocenters. The van der Waals surface area contributed by atoms with Crippen LogP contribution in [0.3, 0.4) is 0 Å². The number of thioether (sulfide) groups is 1. The van der Waals surface area contributed by atoms with Crippen LogP contribution in [0.4, 0.5) is 0 Å². The smallest absolute Gasteiger partial charge is 0.0708 e. The molecule has 1 aliphatic carbocycles. The number of rotatable bonds is 3. The van der Waals surface area contributed by atoms with E-state index in [1.54, 1.807) is 0 Å². The summed E-state index contributed by atoms with van der Waals surface area (Å²) < 4.78 is 0. The highest BCUT2D eigenvalue weighted by molar-refractivity contribution is 8.04. The zero-order chi connectivity index (χ0) is 9.10. The minimum Gasteiger partial charge on any atom is -0.315 e. The van der Waals surface area contributed by atoms with Gasteiger partial charge in [0.15, 0.2) is 0 Å². The number of allylic oxidation sites excluding steroid dienone is 2. The molecular formula is C10H16N2S. The molecule has 13 heavy (non-hydrogen) atoms. The Morgan fingerprint density at radius 1 is 1.69 bits per heavy atom. The van der Waals surface area contributed by atoms with Gasteiger partial charge in [-0.3, -0.25) is 5.32 Å². The quantitative estimate of drug-likeness (QED) is 0.715. The lowest BCUT2D eigenvalue weighted by Crippen LogP contribution is -2.36. The van der Waals surface area contributed by atoms with Crippen LogP contribution in [-0.4, -0.2) is 24.5 Å². The fourth-order valence-corrected chi connectivity index (χ4v) is 2.93. The molecule has 0 aromatic carbocycles. The molecule has 0 aromatic rings. The van der Waals surface area contributed by atoms with E-state index >= 15 is 0 Å². The third kappa shape index (κ3) is 2.16. The summed E-state index contributed by atoms with van der Waals surface area (Å²) in [6, 6.07) is 0.596. The van der Waals surface area contributed by atoms with Crippen molar-refractivity contribution in [2.45, 2.75) is 24.8 Å². The second kappa shape index (κ2) is 4.31. The summed E-state index contributed by atoms with van der Waals surface area (Å²) in [4.78, 5) is 1.51. The molecule has 0 aromatic heterocycles. The Balaban J connectivity index is 1.87. The van der Waals surface area contributed by atoms with Gasteiger partial charge in [-0.05, 0) is 13.0 Å². The van der Waals surface area contributed by atoms with Gasteiger partial charge in [-0.1, -0.05) is 25.2 Å². The van der Waals surface area contributed by atoms with Crippen molar-refractivity contribution in [2.75, 3.05) is 13.1 Å². The van der Waals surface area contributed by atoms with Crippen LogP contribution in [0.5, 0.6) is 0 Å². The average Bonchev–Trinajstić information content (AvgIpc) is 2.57.